The van der Waals surface area contributed by atoms with E-state index in [1.807, 2.05) is 0 Å². The molecule has 1 aliphatic heterocycles. The second kappa shape index (κ2) is 9.96. The predicted molar refractivity (Wildman–Crippen MR) is 112 cm³/mol. The molecule has 12 nitrogen and oxygen atoms in total. The minimum atomic E-state index is -3.75. The minimum Gasteiger partial charge on any atom is -0.390 e. The largest absolute Gasteiger partial charge is 0.435 e. The maximum absolute atomic E-state index is 12.3. The predicted octanol–water partition coefficient (Wildman–Crippen LogP) is -0.797. The van der Waals surface area contributed by atoms with E-state index < -0.39 is 14.9 Å². The maximum Gasteiger partial charge on any atom is 0.435 e. The van der Waals surface area contributed by atoms with Crippen LogP contribution < -0.4 is 15.8 Å². The lowest BCUT2D eigenvalue weighted by molar-refractivity contribution is -0.396. The molecule has 1 amide bonds. The van der Waals surface area contributed by atoms with Crippen LogP contribution in [0.15, 0.2) is 35.4 Å². The molecule has 4 N–H and O–H groups in total. The number of primary sulfonamides is 1. The number of hydrogen-bond donors (Lipinski definition) is 3. The molecule has 1 saturated heterocycles. The lowest BCUT2D eigenvalue weighted by Gasteiger charge is -2.25. The number of amides is 1. The first-order valence-corrected chi connectivity index (χ1v) is 11.3. The highest BCUT2D eigenvalue weighted by Gasteiger charge is 2.23. The number of benzene rings is 1. The van der Waals surface area contributed by atoms with E-state index in [2.05, 4.69) is 20.5 Å². The van der Waals surface area contributed by atoms with E-state index in [0.717, 1.165) is 31.7 Å². The van der Waals surface area contributed by atoms with Gasteiger partial charge in [-0.05, 0) is 29.0 Å². The number of rotatable bonds is 9. The Morgan fingerprint density at radius 1 is 1.26 bits per heavy atom. The Labute approximate surface area is 179 Å². The summed E-state index contributed by atoms with van der Waals surface area (Å²) in [5, 5.41) is 22.3. The van der Waals surface area contributed by atoms with Crippen molar-refractivity contribution in [2.24, 2.45) is 5.14 Å². The van der Waals surface area contributed by atoms with Crippen molar-refractivity contribution in [1.82, 2.24) is 25.1 Å². The molecule has 0 aliphatic carbocycles. The molecule has 0 radical (unpaired) electrons. The molecule has 1 aromatic carbocycles. The van der Waals surface area contributed by atoms with E-state index in [1.54, 1.807) is 18.3 Å². The second-order valence-corrected chi connectivity index (χ2v) is 8.79. The van der Waals surface area contributed by atoms with Gasteiger partial charge in [0.15, 0.2) is 12.2 Å². The van der Waals surface area contributed by atoms with Gasteiger partial charge in [-0.15, -0.1) is 0 Å². The number of imidazole rings is 1. The first-order valence-electron chi connectivity index (χ1n) is 9.74. The second-order valence-electron chi connectivity index (χ2n) is 7.23. The van der Waals surface area contributed by atoms with Crippen molar-refractivity contribution in [2.75, 3.05) is 32.7 Å². The molecule has 0 bridgehead atoms. The van der Waals surface area contributed by atoms with E-state index in [0.29, 0.717) is 25.2 Å². The number of hydrogen-bond acceptors (Lipinski definition) is 8. The summed E-state index contributed by atoms with van der Waals surface area (Å²) in [6, 6.07) is 6.05. The van der Waals surface area contributed by atoms with Crippen molar-refractivity contribution in [2.45, 2.75) is 24.4 Å². The van der Waals surface area contributed by atoms with Gasteiger partial charge < -0.3 is 20.7 Å². The fourth-order valence-corrected chi connectivity index (χ4v) is 3.81. The van der Waals surface area contributed by atoms with Gasteiger partial charge in [-0.1, -0.05) is 17.1 Å². The third-order valence-electron chi connectivity index (χ3n) is 4.87. The van der Waals surface area contributed by atoms with Crippen LogP contribution in [0, 0.1) is 10.1 Å². The fraction of sp³-hybridized carbons (Fsp3) is 0.444. The molecule has 0 spiro atoms. The molecule has 1 aliphatic rings. The topological polar surface area (TPSA) is 165 Å². The van der Waals surface area contributed by atoms with E-state index >= 15 is 0 Å². The van der Waals surface area contributed by atoms with Gasteiger partial charge in [0.05, 0.1) is 11.4 Å². The van der Waals surface area contributed by atoms with Gasteiger partial charge in [-0.2, -0.15) is 0 Å². The van der Waals surface area contributed by atoms with Crippen LogP contribution in [0.25, 0.3) is 0 Å². The van der Waals surface area contributed by atoms with E-state index in [1.165, 1.54) is 16.7 Å². The van der Waals surface area contributed by atoms with Crippen molar-refractivity contribution in [3.8, 4) is 0 Å². The monoisotopic (exact) mass is 451 g/mol. The lowest BCUT2D eigenvalue weighted by atomic mass is 10.1. The fourth-order valence-electron chi connectivity index (χ4n) is 3.30. The zero-order valence-electron chi connectivity index (χ0n) is 16.9. The molecule has 1 aromatic heterocycles. The van der Waals surface area contributed by atoms with E-state index in [9.17, 15) is 23.3 Å². The number of piperazine rings is 1. The Morgan fingerprint density at radius 2 is 1.94 bits per heavy atom. The standard InChI is InChI=1S/C18H25N7O5S/c19-31(29,30)16-3-1-14(2-4-16)5-6-21-17(26)13-24-12-15(22-18(24)25(27)28)11-23-9-7-20-8-10-23/h1-4,12,20H,5-11,13H2,(H,21,26)(H2,19,29,30). The zero-order chi connectivity index (χ0) is 22.4. The Hall–Kier alpha value is -2.87. The van der Waals surface area contributed by atoms with Gasteiger partial charge in [-0.25, -0.2) is 18.1 Å². The lowest BCUT2D eigenvalue weighted by Crippen LogP contribution is -2.42. The quantitative estimate of drug-likeness (QED) is 0.329. The van der Waals surface area contributed by atoms with Crippen molar-refractivity contribution in [3.05, 3.63) is 51.8 Å². The van der Waals surface area contributed by atoms with Crippen molar-refractivity contribution in [1.29, 1.82) is 0 Å². The number of nitrogens with zero attached hydrogens (tertiary/aromatic N) is 4. The van der Waals surface area contributed by atoms with Crippen LogP contribution in [0.5, 0.6) is 0 Å². The first-order chi connectivity index (χ1) is 14.7. The van der Waals surface area contributed by atoms with E-state index in [4.69, 9.17) is 5.14 Å². The van der Waals surface area contributed by atoms with Crippen molar-refractivity contribution >= 4 is 21.9 Å². The summed E-state index contributed by atoms with van der Waals surface area (Å²) < 4.78 is 23.8. The number of carbonyl (C=O) groups is 1. The summed E-state index contributed by atoms with van der Waals surface area (Å²) in [6.07, 6.45) is 2.02. The summed E-state index contributed by atoms with van der Waals surface area (Å²) in [7, 11) is -3.75. The SMILES string of the molecule is NS(=O)(=O)c1ccc(CCNC(=O)Cn2cc(CN3CCNCC3)nc2[N+](=O)[O-])cc1. The highest BCUT2D eigenvalue weighted by Crippen LogP contribution is 2.14. The Balaban J connectivity index is 1.53. The zero-order valence-corrected chi connectivity index (χ0v) is 17.7. The number of nitrogens with one attached hydrogen (secondary N) is 2. The molecule has 2 aromatic rings. The van der Waals surface area contributed by atoms with Crippen LogP contribution in [0.4, 0.5) is 5.95 Å². The van der Waals surface area contributed by atoms with Gasteiger partial charge in [0.1, 0.15) is 6.20 Å². The molecular formula is C18H25N7O5S. The van der Waals surface area contributed by atoms with Crippen LogP contribution in [0.1, 0.15) is 11.3 Å². The first kappa shape index (κ1) is 22.8. The summed E-state index contributed by atoms with van der Waals surface area (Å²) in [5.74, 6) is -0.741. The van der Waals surface area contributed by atoms with Gasteiger partial charge in [-0.3, -0.25) is 9.69 Å². The third kappa shape index (κ3) is 6.55. The molecule has 1 fully saturated rings. The van der Waals surface area contributed by atoms with Crippen LogP contribution in [-0.4, -0.2) is 66.4 Å². The molecule has 0 unspecified atom stereocenters. The highest BCUT2D eigenvalue weighted by molar-refractivity contribution is 7.89. The van der Waals surface area contributed by atoms with Crippen molar-refractivity contribution in [3.63, 3.8) is 0 Å². The van der Waals surface area contributed by atoms with Crippen LogP contribution in [0.2, 0.25) is 0 Å². The number of aromatic nitrogens is 2. The minimum absolute atomic E-state index is 0.0179. The smallest absolute Gasteiger partial charge is 0.390 e. The molecule has 168 valence electrons. The summed E-state index contributed by atoms with van der Waals surface area (Å²) in [4.78, 5) is 29.2. The van der Waals surface area contributed by atoms with Gasteiger partial charge in [0.2, 0.25) is 10.0 Å². The molecule has 2 heterocycles. The van der Waals surface area contributed by atoms with Gasteiger partial charge in [0.25, 0.3) is 5.91 Å². The summed E-state index contributed by atoms with van der Waals surface area (Å²) in [6.45, 7) is 3.95. The number of nitrogens with two attached hydrogens (primary N) is 1. The van der Waals surface area contributed by atoms with Crippen molar-refractivity contribution < 1.29 is 18.1 Å². The number of carbonyl (C=O) groups excluding carboxylic acids is 1. The molecule has 0 saturated carbocycles. The van der Waals surface area contributed by atoms with Gasteiger partial charge in [0, 0.05) is 32.7 Å². The average molecular weight is 452 g/mol. The normalized spacial score (nSPS) is 15.0. The Bertz CT molecular complexity index is 1030. The van der Waals surface area contributed by atoms with Gasteiger partial charge >= 0.3 is 5.95 Å². The highest BCUT2D eigenvalue weighted by atomic mass is 32.2. The Kier molecular flexibility index (Phi) is 7.33. The third-order valence-corrected chi connectivity index (χ3v) is 5.79. The molecule has 31 heavy (non-hydrogen) atoms. The average Bonchev–Trinajstić information content (AvgIpc) is 3.11. The summed E-state index contributed by atoms with van der Waals surface area (Å²) in [5.41, 5.74) is 1.37. The molecule has 0 atom stereocenters. The summed E-state index contributed by atoms with van der Waals surface area (Å²) >= 11 is 0. The van der Waals surface area contributed by atoms with Crippen LogP contribution >= 0.6 is 0 Å². The maximum atomic E-state index is 12.3. The molecular weight excluding hydrogens is 426 g/mol. The molecule has 3 rings (SSSR count). The number of nitro groups is 1. The number of sulfonamides is 1. The Morgan fingerprint density at radius 3 is 2.55 bits per heavy atom. The molecule has 13 heteroatoms. The van der Waals surface area contributed by atoms with Crippen LogP contribution in [0.3, 0.4) is 0 Å². The van der Waals surface area contributed by atoms with Crippen LogP contribution in [-0.2, 0) is 34.3 Å². The van der Waals surface area contributed by atoms with E-state index in [-0.39, 0.29) is 23.3 Å².